The number of amides is 1. The maximum Gasteiger partial charge on any atom is 0.238 e. The molecule has 0 spiro atoms. The van der Waals surface area contributed by atoms with E-state index in [4.69, 9.17) is 0 Å². The van der Waals surface area contributed by atoms with Crippen LogP contribution < -0.4 is 5.32 Å². The van der Waals surface area contributed by atoms with E-state index in [1.807, 2.05) is 31.2 Å². The first-order valence-corrected chi connectivity index (χ1v) is 7.31. The van der Waals surface area contributed by atoms with Gasteiger partial charge in [0.05, 0.1) is 13.2 Å². The van der Waals surface area contributed by atoms with Crippen molar-refractivity contribution in [2.24, 2.45) is 5.92 Å². The number of carbonyl (C=O) groups excluding carboxylic acids is 1. The number of nitrogens with zero attached hydrogens (tertiary/aromatic N) is 1. The summed E-state index contributed by atoms with van der Waals surface area (Å²) in [5, 5.41) is 12.4. The van der Waals surface area contributed by atoms with Crippen LogP contribution >= 0.6 is 0 Å². The van der Waals surface area contributed by atoms with Gasteiger partial charge in [-0.05, 0) is 44.4 Å². The van der Waals surface area contributed by atoms with Gasteiger partial charge in [0.2, 0.25) is 5.91 Å². The van der Waals surface area contributed by atoms with E-state index in [2.05, 4.69) is 17.1 Å². The lowest BCUT2D eigenvalue weighted by atomic mass is 9.91. The Morgan fingerprint density at radius 3 is 2.75 bits per heavy atom. The summed E-state index contributed by atoms with van der Waals surface area (Å²) in [6.07, 6.45) is 2.22. The monoisotopic (exact) mass is 276 g/mol. The molecule has 1 fully saturated rings. The summed E-state index contributed by atoms with van der Waals surface area (Å²) in [6.45, 7) is 5.52. The molecule has 20 heavy (non-hydrogen) atoms. The molecule has 1 aromatic carbocycles. The van der Waals surface area contributed by atoms with Crippen molar-refractivity contribution in [3.05, 3.63) is 29.8 Å². The molecule has 1 aliphatic rings. The maximum absolute atomic E-state index is 12.1. The molecule has 0 bridgehead atoms. The second-order valence-electron chi connectivity index (χ2n) is 5.75. The smallest absolute Gasteiger partial charge is 0.238 e. The maximum atomic E-state index is 12.1. The quantitative estimate of drug-likeness (QED) is 0.884. The fourth-order valence-corrected chi connectivity index (χ4v) is 2.85. The molecule has 4 nitrogen and oxygen atoms in total. The van der Waals surface area contributed by atoms with Gasteiger partial charge < -0.3 is 10.4 Å². The molecule has 1 heterocycles. The first kappa shape index (κ1) is 15.0. The molecular formula is C16H24N2O2. The van der Waals surface area contributed by atoms with E-state index >= 15 is 0 Å². The van der Waals surface area contributed by atoms with Gasteiger partial charge in [-0.3, -0.25) is 9.69 Å². The largest absolute Gasteiger partial charge is 0.395 e. The number of carbonyl (C=O) groups is 1. The summed E-state index contributed by atoms with van der Waals surface area (Å²) in [6, 6.07) is 7.89. The van der Waals surface area contributed by atoms with Gasteiger partial charge in [-0.25, -0.2) is 0 Å². The zero-order valence-electron chi connectivity index (χ0n) is 12.3. The highest BCUT2D eigenvalue weighted by Gasteiger charge is 2.28. The molecule has 0 radical (unpaired) electrons. The Morgan fingerprint density at radius 2 is 2.10 bits per heavy atom. The number of aliphatic hydroxyl groups is 1. The van der Waals surface area contributed by atoms with Crippen molar-refractivity contribution in [3.8, 4) is 0 Å². The number of aliphatic hydroxyl groups excluding tert-OH is 1. The summed E-state index contributed by atoms with van der Waals surface area (Å²) in [7, 11) is 0. The molecule has 2 N–H and O–H groups in total. The highest BCUT2D eigenvalue weighted by molar-refractivity contribution is 5.92. The lowest BCUT2D eigenvalue weighted by molar-refractivity contribution is -0.118. The van der Waals surface area contributed by atoms with Crippen molar-refractivity contribution < 1.29 is 9.90 Å². The Kier molecular flexibility index (Phi) is 5.15. The number of nitrogens with one attached hydrogen (secondary N) is 1. The fraction of sp³-hybridized carbons (Fsp3) is 0.562. The van der Waals surface area contributed by atoms with E-state index in [1.165, 1.54) is 5.56 Å². The zero-order chi connectivity index (χ0) is 14.5. The number of likely N-dealkylation sites (tertiary alicyclic amines) is 1. The third-order valence-electron chi connectivity index (χ3n) is 4.10. The van der Waals surface area contributed by atoms with E-state index in [9.17, 15) is 9.90 Å². The normalized spacial score (nSPS) is 23.6. The summed E-state index contributed by atoms with van der Waals surface area (Å²) in [5.74, 6) is 0.433. The van der Waals surface area contributed by atoms with Crippen molar-refractivity contribution >= 4 is 11.6 Å². The van der Waals surface area contributed by atoms with E-state index < -0.39 is 0 Å². The van der Waals surface area contributed by atoms with Crippen molar-refractivity contribution in [1.82, 2.24) is 4.90 Å². The molecule has 2 rings (SSSR count). The Balaban J connectivity index is 1.91. The van der Waals surface area contributed by atoms with E-state index in [0.717, 1.165) is 25.1 Å². The molecule has 1 aromatic rings. The number of rotatable bonds is 4. The molecule has 2 unspecified atom stereocenters. The molecule has 0 aromatic heterocycles. The number of piperidine rings is 1. The van der Waals surface area contributed by atoms with Gasteiger partial charge in [0.15, 0.2) is 0 Å². The summed E-state index contributed by atoms with van der Waals surface area (Å²) < 4.78 is 0. The second kappa shape index (κ2) is 6.86. The van der Waals surface area contributed by atoms with Crippen LogP contribution in [0.25, 0.3) is 0 Å². The van der Waals surface area contributed by atoms with Crippen LogP contribution in [0.2, 0.25) is 0 Å². The number of anilines is 1. The molecule has 110 valence electrons. The van der Waals surface area contributed by atoms with Crippen LogP contribution in [0.15, 0.2) is 24.3 Å². The highest BCUT2D eigenvalue weighted by atomic mass is 16.3. The molecule has 2 atom stereocenters. The zero-order valence-corrected chi connectivity index (χ0v) is 12.3. The molecule has 1 saturated heterocycles. The van der Waals surface area contributed by atoms with Gasteiger partial charge in [-0.2, -0.15) is 0 Å². The molecular weight excluding hydrogens is 252 g/mol. The minimum atomic E-state index is -0.0126. The Bertz CT molecular complexity index is 444. The highest BCUT2D eigenvalue weighted by Crippen LogP contribution is 2.22. The Hall–Kier alpha value is -1.39. The van der Waals surface area contributed by atoms with Crippen LogP contribution in [0.1, 0.15) is 25.3 Å². The standard InChI is InChI=1S/C16H24N2O2/c1-12-5-7-14(8-6-12)17-16(20)10-18-9-3-4-13(2)15(18)11-19/h5-8,13,15,19H,3-4,9-11H2,1-2H3,(H,17,20). The van der Waals surface area contributed by atoms with E-state index in [-0.39, 0.29) is 18.6 Å². The van der Waals surface area contributed by atoms with Crippen LogP contribution in [-0.4, -0.2) is 41.7 Å². The van der Waals surface area contributed by atoms with Crippen molar-refractivity contribution in [2.45, 2.75) is 32.7 Å². The van der Waals surface area contributed by atoms with Crippen LogP contribution in [0.5, 0.6) is 0 Å². The fourth-order valence-electron chi connectivity index (χ4n) is 2.85. The topological polar surface area (TPSA) is 52.6 Å². The lowest BCUT2D eigenvalue weighted by Crippen LogP contribution is -2.49. The van der Waals surface area contributed by atoms with Gasteiger partial charge in [0.1, 0.15) is 0 Å². The van der Waals surface area contributed by atoms with Crippen molar-refractivity contribution in [1.29, 1.82) is 0 Å². The van der Waals surface area contributed by atoms with Gasteiger partial charge in [-0.1, -0.05) is 24.6 Å². The van der Waals surface area contributed by atoms with Crippen LogP contribution in [0.3, 0.4) is 0 Å². The van der Waals surface area contributed by atoms with E-state index in [1.54, 1.807) is 0 Å². The minimum absolute atomic E-state index is 0.0126. The first-order chi connectivity index (χ1) is 9.60. The van der Waals surface area contributed by atoms with Crippen molar-refractivity contribution in [3.63, 3.8) is 0 Å². The number of benzene rings is 1. The summed E-state index contributed by atoms with van der Waals surface area (Å²) in [5.41, 5.74) is 2.00. The average molecular weight is 276 g/mol. The third kappa shape index (κ3) is 3.81. The van der Waals surface area contributed by atoms with Gasteiger partial charge in [0, 0.05) is 11.7 Å². The van der Waals surface area contributed by atoms with Crippen LogP contribution in [0, 0.1) is 12.8 Å². The minimum Gasteiger partial charge on any atom is -0.395 e. The Labute approximate surface area is 120 Å². The van der Waals surface area contributed by atoms with Crippen LogP contribution in [-0.2, 0) is 4.79 Å². The van der Waals surface area contributed by atoms with Gasteiger partial charge in [0.25, 0.3) is 0 Å². The SMILES string of the molecule is Cc1ccc(NC(=O)CN2CCCC(C)C2CO)cc1. The summed E-state index contributed by atoms with van der Waals surface area (Å²) >= 11 is 0. The van der Waals surface area contributed by atoms with Gasteiger partial charge in [-0.15, -0.1) is 0 Å². The predicted octanol–water partition coefficient (Wildman–Crippen LogP) is 2.03. The molecule has 1 amide bonds. The third-order valence-corrected chi connectivity index (χ3v) is 4.10. The van der Waals surface area contributed by atoms with Gasteiger partial charge >= 0.3 is 0 Å². The lowest BCUT2D eigenvalue weighted by Gasteiger charge is -2.38. The first-order valence-electron chi connectivity index (χ1n) is 7.31. The number of hydrogen-bond acceptors (Lipinski definition) is 3. The average Bonchev–Trinajstić information content (AvgIpc) is 2.42. The number of aryl methyl sites for hydroxylation is 1. The molecule has 0 saturated carbocycles. The second-order valence-corrected chi connectivity index (χ2v) is 5.75. The summed E-state index contributed by atoms with van der Waals surface area (Å²) in [4.78, 5) is 14.2. The van der Waals surface area contributed by atoms with Crippen LogP contribution in [0.4, 0.5) is 5.69 Å². The molecule has 0 aliphatic carbocycles. The number of hydrogen-bond donors (Lipinski definition) is 2. The molecule has 4 heteroatoms. The van der Waals surface area contributed by atoms with Crippen molar-refractivity contribution in [2.75, 3.05) is 25.0 Å². The predicted molar refractivity (Wildman–Crippen MR) is 80.7 cm³/mol. The Morgan fingerprint density at radius 1 is 1.40 bits per heavy atom. The van der Waals surface area contributed by atoms with E-state index in [0.29, 0.717) is 12.5 Å². The molecule has 1 aliphatic heterocycles.